The van der Waals surface area contributed by atoms with Crippen molar-refractivity contribution >= 4 is 28.6 Å². The fourth-order valence-electron chi connectivity index (χ4n) is 2.56. The van der Waals surface area contributed by atoms with Gasteiger partial charge in [-0.15, -0.1) is 17.0 Å². The molecule has 2 aromatic rings. The van der Waals surface area contributed by atoms with Gasteiger partial charge >= 0.3 is 0 Å². The Hall–Kier alpha value is -1.88. The van der Waals surface area contributed by atoms with Crippen LogP contribution in [0.25, 0.3) is 0 Å². The van der Waals surface area contributed by atoms with E-state index in [4.69, 9.17) is 0 Å². The highest BCUT2D eigenvalue weighted by Gasteiger charge is 2.15. The van der Waals surface area contributed by atoms with Crippen molar-refractivity contribution in [1.82, 2.24) is 5.32 Å². The number of nitrogens with one attached hydrogen (secondary N) is 2. The molecule has 0 spiro atoms. The number of amides is 1. The Balaban J connectivity index is 0.00000176. The predicted octanol–water partition coefficient (Wildman–Crippen LogP) is 3.86. The number of rotatable bonds is 3. The largest absolute Gasteiger partial charge is 0.384 e. The SMILES string of the molecule is Br.CC(NC(=O)c1ccc(F)cc1)c1ccc2c(c1)CCN2. The number of hydrogen-bond donors (Lipinski definition) is 2. The molecule has 1 atom stereocenters. The Kier molecular flexibility index (Phi) is 5.19. The topological polar surface area (TPSA) is 41.1 Å². The van der Waals surface area contributed by atoms with Gasteiger partial charge in [0, 0.05) is 17.8 Å². The highest BCUT2D eigenvalue weighted by Crippen LogP contribution is 2.25. The molecule has 3 rings (SSSR count). The minimum absolute atomic E-state index is 0. The first-order chi connectivity index (χ1) is 10.1. The van der Waals surface area contributed by atoms with Crippen LogP contribution >= 0.6 is 17.0 Å². The molecule has 2 N–H and O–H groups in total. The number of benzene rings is 2. The molecule has 1 unspecified atom stereocenters. The van der Waals surface area contributed by atoms with E-state index in [1.807, 2.05) is 13.0 Å². The van der Waals surface area contributed by atoms with E-state index in [2.05, 4.69) is 22.8 Å². The first kappa shape index (κ1) is 16.5. The van der Waals surface area contributed by atoms with Crippen molar-refractivity contribution < 1.29 is 9.18 Å². The molecule has 1 heterocycles. The summed E-state index contributed by atoms with van der Waals surface area (Å²) in [5.41, 5.74) is 4.00. The van der Waals surface area contributed by atoms with Crippen LogP contribution < -0.4 is 10.6 Å². The Morgan fingerprint density at radius 2 is 1.95 bits per heavy atom. The van der Waals surface area contributed by atoms with E-state index in [0.717, 1.165) is 18.5 Å². The van der Waals surface area contributed by atoms with Crippen LogP contribution in [0.5, 0.6) is 0 Å². The minimum atomic E-state index is -0.342. The predicted molar refractivity (Wildman–Crippen MR) is 91.2 cm³/mol. The standard InChI is InChI=1S/C17H17FN2O.BrH/c1-11(13-4-7-16-14(10-13)8-9-19-16)20-17(21)12-2-5-15(18)6-3-12;/h2-7,10-11,19H,8-9H2,1H3,(H,20,21);1H. The monoisotopic (exact) mass is 364 g/mol. The smallest absolute Gasteiger partial charge is 0.251 e. The Morgan fingerprint density at radius 3 is 2.68 bits per heavy atom. The quantitative estimate of drug-likeness (QED) is 0.867. The van der Waals surface area contributed by atoms with Gasteiger partial charge in [-0.2, -0.15) is 0 Å². The van der Waals surface area contributed by atoms with Gasteiger partial charge in [-0.05, 0) is 54.8 Å². The van der Waals surface area contributed by atoms with Gasteiger partial charge in [0.2, 0.25) is 0 Å². The fraction of sp³-hybridized carbons (Fsp3) is 0.235. The number of carbonyl (C=O) groups excluding carboxylic acids is 1. The Morgan fingerprint density at radius 1 is 1.23 bits per heavy atom. The summed E-state index contributed by atoms with van der Waals surface area (Å²) < 4.78 is 12.9. The Bertz CT molecular complexity index is 673. The van der Waals surface area contributed by atoms with E-state index in [1.54, 1.807) is 0 Å². The highest BCUT2D eigenvalue weighted by molar-refractivity contribution is 8.93. The van der Waals surface area contributed by atoms with Crippen LogP contribution in [-0.4, -0.2) is 12.5 Å². The van der Waals surface area contributed by atoms with E-state index in [9.17, 15) is 9.18 Å². The van der Waals surface area contributed by atoms with Crippen LogP contribution in [0.1, 0.15) is 34.5 Å². The molecular formula is C17H18BrFN2O. The molecule has 0 aliphatic carbocycles. The van der Waals surface area contributed by atoms with E-state index in [1.165, 1.54) is 35.5 Å². The van der Waals surface area contributed by atoms with Gasteiger partial charge in [-0.25, -0.2) is 4.39 Å². The van der Waals surface area contributed by atoms with Gasteiger partial charge in [0.1, 0.15) is 5.82 Å². The molecular weight excluding hydrogens is 347 g/mol. The summed E-state index contributed by atoms with van der Waals surface area (Å²) in [6, 6.07) is 11.7. The van der Waals surface area contributed by atoms with Gasteiger partial charge in [-0.3, -0.25) is 4.79 Å². The van der Waals surface area contributed by atoms with Crippen molar-refractivity contribution in [2.24, 2.45) is 0 Å². The summed E-state index contributed by atoms with van der Waals surface area (Å²) in [5.74, 6) is -0.535. The zero-order chi connectivity index (χ0) is 14.8. The van der Waals surface area contributed by atoms with E-state index in [0.29, 0.717) is 5.56 Å². The molecule has 116 valence electrons. The summed E-state index contributed by atoms with van der Waals surface area (Å²) in [6.07, 6.45) is 1.02. The number of fused-ring (bicyclic) bond motifs is 1. The molecule has 0 saturated carbocycles. The van der Waals surface area contributed by atoms with Gasteiger partial charge < -0.3 is 10.6 Å². The summed E-state index contributed by atoms with van der Waals surface area (Å²) in [7, 11) is 0. The van der Waals surface area contributed by atoms with Crippen molar-refractivity contribution in [1.29, 1.82) is 0 Å². The molecule has 1 aliphatic heterocycles. The van der Waals surface area contributed by atoms with Crippen molar-refractivity contribution in [2.75, 3.05) is 11.9 Å². The van der Waals surface area contributed by atoms with Gasteiger partial charge in [0.15, 0.2) is 0 Å². The van der Waals surface area contributed by atoms with Gasteiger partial charge in [-0.1, -0.05) is 12.1 Å². The molecule has 0 aromatic heterocycles. The zero-order valence-corrected chi connectivity index (χ0v) is 13.9. The van der Waals surface area contributed by atoms with Crippen molar-refractivity contribution in [3.05, 3.63) is 65.0 Å². The second kappa shape index (κ2) is 6.92. The number of halogens is 2. The van der Waals surface area contributed by atoms with Crippen LogP contribution in [0.2, 0.25) is 0 Å². The third kappa shape index (κ3) is 3.47. The second-order valence-corrected chi connectivity index (χ2v) is 5.30. The van der Waals surface area contributed by atoms with Crippen molar-refractivity contribution in [2.45, 2.75) is 19.4 Å². The first-order valence-corrected chi connectivity index (χ1v) is 7.06. The maximum atomic E-state index is 12.9. The molecule has 22 heavy (non-hydrogen) atoms. The molecule has 5 heteroatoms. The maximum Gasteiger partial charge on any atom is 0.251 e. The zero-order valence-electron chi connectivity index (χ0n) is 12.2. The van der Waals surface area contributed by atoms with E-state index in [-0.39, 0.29) is 34.7 Å². The average molecular weight is 365 g/mol. The van der Waals surface area contributed by atoms with Crippen molar-refractivity contribution in [3.63, 3.8) is 0 Å². The van der Waals surface area contributed by atoms with E-state index >= 15 is 0 Å². The summed E-state index contributed by atoms with van der Waals surface area (Å²) in [6.45, 7) is 2.92. The lowest BCUT2D eigenvalue weighted by Crippen LogP contribution is -2.26. The molecule has 0 fully saturated rings. The first-order valence-electron chi connectivity index (χ1n) is 7.06. The molecule has 3 nitrogen and oxygen atoms in total. The molecule has 0 saturated heterocycles. The highest BCUT2D eigenvalue weighted by atomic mass is 79.9. The fourth-order valence-corrected chi connectivity index (χ4v) is 2.56. The van der Waals surface area contributed by atoms with Crippen molar-refractivity contribution in [3.8, 4) is 0 Å². The van der Waals surface area contributed by atoms with Crippen LogP contribution in [0, 0.1) is 5.82 Å². The van der Waals surface area contributed by atoms with E-state index < -0.39 is 0 Å². The van der Waals surface area contributed by atoms with Gasteiger partial charge in [0.25, 0.3) is 5.91 Å². The Labute approximate surface area is 139 Å². The summed E-state index contributed by atoms with van der Waals surface area (Å²) >= 11 is 0. The normalized spacial score (nSPS) is 13.5. The van der Waals surface area contributed by atoms with Crippen LogP contribution in [0.4, 0.5) is 10.1 Å². The lowest BCUT2D eigenvalue weighted by atomic mass is 10.0. The molecule has 0 radical (unpaired) electrons. The number of carbonyl (C=O) groups is 1. The summed E-state index contributed by atoms with van der Waals surface area (Å²) in [5, 5.41) is 6.26. The van der Waals surface area contributed by atoms with Crippen LogP contribution in [-0.2, 0) is 6.42 Å². The lowest BCUT2D eigenvalue weighted by molar-refractivity contribution is 0.0940. The molecule has 1 amide bonds. The second-order valence-electron chi connectivity index (χ2n) is 5.30. The third-order valence-corrected chi connectivity index (χ3v) is 3.79. The molecule has 1 aliphatic rings. The number of hydrogen-bond acceptors (Lipinski definition) is 2. The molecule has 2 aromatic carbocycles. The van der Waals surface area contributed by atoms with Crippen LogP contribution in [0.3, 0.4) is 0 Å². The average Bonchev–Trinajstić information content (AvgIpc) is 2.95. The lowest BCUT2D eigenvalue weighted by Gasteiger charge is -2.15. The minimum Gasteiger partial charge on any atom is -0.384 e. The number of anilines is 1. The molecule has 0 bridgehead atoms. The van der Waals surface area contributed by atoms with Gasteiger partial charge in [0.05, 0.1) is 6.04 Å². The third-order valence-electron chi connectivity index (χ3n) is 3.79. The van der Waals surface area contributed by atoms with Crippen LogP contribution in [0.15, 0.2) is 42.5 Å². The maximum absolute atomic E-state index is 12.9. The summed E-state index contributed by atoms with van der Waals surface area (Å²) in [4.78, 5) is 12.1.